The van der Waals surface area contributed by atoms with Crippen molar-refractivity contribution in [3.63, 3.8) is 0 Å². The summed E-state index contributed by atoms with van der Waals surface area (Å²) in [6.07, 6.45) is 2.89. The molecule has 0 radical (unpaired) electrons. The van der Waals surface area contributed by atoms with Crippen LogP contribution >= 0.6 is 0 Å². The van der Waals surface area contributed by atoms with Crippen molar-refractivity contribution in [1.82, 2.24) is 10.2 Å². The van der Waals surface area contributed by atoms with Crippen LogP contribution in [-0.4, -0.2) is 50.2 Å². The van der Waals surface area contributed by atoms with Crippen molar-refractivity contribution < 1.29 is 9.53 Å². The van der Waals surface area contributed by atoms with Gasteiger partial charge < -0.3 is 15.0 Å². The molecule has 1 fully saturated rings. The van der Waals surface area contributed by atoms with E-state index in [1.807, 2.05) is 4.90 Å². The zero-order valence-electron chi connectivity index (χ0n) is 11.4. The summed E-state index contributed by atoms with van der Waals surface area (Å²) < 4.78 is 5.08. The van der Waals surface area contributed by atoms with E-state index in [0.717, 1.165) is 26.1 Å². The first-order valence-electron chi connectivity index (χ1n) is 6.68. The zero-order valence-corrected chi connectivity index (χ0v) is 11.4. The molecular weight excluding hydrogens is 216 g/mol. The standard InChI is InChI=1S/C13H26N2O2/c1-4-15(12-6-5-7-14-9-12)13(16)8-11(2)10-17-3/h11-12,14H,4-10H2,1-3H3. The zero-order chi connectivity index (χ0) is 12.7. The van der Waals surface area contributed by atoms with Crippen LogP contribution in [0.1, 0.15) is 33.1 Å². The summed E-state index contributed by atoms with van der Waals surface area (Å²) in [4.78, 5) is 14.2. The van der Waals surface area contributed by atoms with Gasteiger partial charge in [-0.2, -0.15) is 0 Å². The molecule has 4 nitrogen and oxygen atoms in total. The molecule has 1 rings (SSSR count). The first kappa shape index (κ1) is 14.5. The molecule has 2 unspecified atom stereocenters. The second kappa shape index (κ2) is 7.67. The van der Waals surface area contributed by atoms with E-state index in [-0.39, 0.29) is 5.91 Å². The molecule has 1 aliphatic rings. The Morgan fingerprint density at radius 2 is 2.35 bits per heavy atom. The number of carbonyl (C=O) groups excluding carboxylic acids is 1. The number of hydrogen-bond acceptors (Lipinski definition) is 3. The van der Waals surface area contributed by atoms with Crippen LogP contribution in [0.15, 0.2) is 0 Å². The van der Waals surface area contributed by atoms with Gasteiger partial charge in [0.05, 0.1) is 0 Å². The van der Waals surface area contributed by atoms with Crippen molar-refractivity contribution >= 4 is 5.91 Å². The molecule has 0 aromatic carbocycles. The minimum atomic E-state index is 0.269. The van der Waals surface area contributed by atoms with E-state index in [2.05, 4.69) is 19.2 Å². The van der Waals surface area contributed by atoms with E-state index in [1.54, 1.807) is 7.11 Å². The van der Waals surface area contributed by atoms with Crippen LogP contribution in [0, 0.1) is 5.92 Å². The summed E-state index contributed by atoms with van der Waals surface area (Å²) in [7, 11) is 1.68. The lowest BCUT2D eigenvalue weighted by atomic mass is 10.0. The van der Waals surface area contributed by atoms with E-state index >= 15 is 0 Å². The highest BCUT2D eigenvalue weighted by Crippen LogP contribution is 2.14. The number of carbonyl (C=O) groups is 1. The van der Waals surface area contributed by atoms with Crippen LogP contribution in [0.2, 0.25) is 0 Å². The van der Waals surface area contributed by atoms with Crippen molar-refractivity contribution in [2.24, 2.45) is 5.92 Å². The van der Waals surface area contributed by atoms with Crippen LogP contribution in [0.3, 0.4) is 0 Å². The normalized spacial score (nSPS) is 22.2. The monoisotopic (exact) mass is 242 g/mol. The minimum absolute atomic E-state index is 0.269. The number of nitrogens with one attached hydrogen (secondary N) is 1. The Morgan fingerprint density at radius 3 is 2.88 bits per heavy atom. The number of rotatable bonds is 6. The quantitative estimate of drug-likeness (QED) is 0.762. The molecule has 0 bridgehead atoms. The largest absolute Gasteiger partial charge is 0.384 e. The lowest BCUT2D eigenvalue weighted by Crippen LogP contribution is -2.49. The van der Waals surface area contributed by atoms with Gasteiger partial charge in [0.15, 0.2) is 0 Å². The van der Waals surface area contributed by atoms with Gasteiger partial charge in [-0.1, -0.05) is 6.92 Å². The molecule has 100 valence electrons. The predicted molar refractivity (Wildman–Crippen MR) is 68.9 cm³/mol. The molecule has 0 aromatic heterocycles. The molecule has 0 spiro atoms. The first-order chi connectivity index (χ1) is 8.19. The Balaban J connectivity index is 2.45. The Kier molecular flexibility index (Phi) is 6.52. The maximum absolute atomic E-state index is 12.2. The fourth-order valence-electron chi connectivity index (χ4n) is 2.50. The van der Waals surface area contributed by atoms with Gasteiger partial charge in [-0.3, -0.25) is 4.79 Å². The first-order valence-corrected chi connectivity index (χ1v) is 6.68. The van der Waals surface area contributed by atoms with Crippen LogP contribution < -0.4 is 5.32 Å². The number of ether oxygens (including phenoxy) is 1. The highest BCUT2D eigenvalue weighted by Gasteiger charge is 2.24. The topological polar surface area (TPSA) is 41.6 Å². The lowest BCUT2D eigenvalue weighted by molar-refractivity contribution is -0.135. The molecule has 4 heteroatoms. The summed E-state index contributed by atoms with van der Waals surface area (Å²) in [5.41, 5.74) is 0. The average Bonchev–Trinajstić information content (AvgIpc) is 2.31. The lowest BCUT2D eigenvalue weighted by Gasteiger charge is -2.34. The minimum Gasteiger partial charge on any atom is -0.384 e. The predicted octanol–water partition coefficient (Wildman–Crippen LogP) is 1.26. The van der Waals surface area contributed by atoms with E-state index in [1.165, 1.54) is 6.42 Å². The summed E-state index contributed by atoms with van der Waals surface area (Å²) in [5.74, 6) is 0.573. The summed E-state index contributed by atoms with van der Waals surface area (Å²) in [5, 5.41) is 3.36. The number of amides is 1. The highest BCUT2D eigenvalue weighted by atomic mass is 16.5. The van der Waals surface area contributed by atoms with E-state index in [0.29, 0.717) is 25.0 Å². The maximum atomic E-state index is 12.2. The molecule has 0 aliphatic carbocycles. The highest BCUT2D eigenvalue weighted by molar-refractivity contribution is 5.76. The second-order valence-electron chi connectivity index (χ2n) is 4.94. The summed E-state index contributed by atoms with van der Waals surface area (Å²) >= 11 is 0. The van der Waals surface area contributed by atoms with E-state index < -0.39 is 0 Å². The molecule has 1 N–H and O–H groups in total. The number of methoxy groups -OCH3 is 1. The third-order valence-corrected chi connectivity index (χ3v) is 3.35. The van der Waals surface area contributed by atoms with Crippen LogP contribution in [0.25, 0.3) is 0 Å². The van der Waals surface area contributed by atoms with E-state index in [9.17, 15) is 4.79 Å². The van der Waals surface area contributed by atoms with Gasteiger partial charge in [-0.25, -0.2) is 0 Å². The fraction of sp³-hybridized carbons (Fsp3) is 0.923. The molecule has 0 aromatic rings. The Labute approximate surface area is 105 Å². The summed E-state index contributed by atoms with van der Waals surface area (Å²) in [6.45, 7) is 7.62. The van der Waals surface area contributed by atoms with Crippen molar-refractivity contribution in [2.45, 2.75) is 39.2 Å². The summed E-state index contributed by atoms with van der Waals surface area (Å²) in [6, 6.07) is 0.385. The van der Waals surface area contributed by atoms with E-state index in [4.69, 9.17) is 4.74 Å². The molecule has 0 saturated carbocycles. The Bertz CT molecular complexity index is 227. The fourth-order valence-corrected chi connectivity index (χ4v) is 2.50. The van der Waals surface area contributed by atoms with Crippen LogP contribution in [-0.2, 0) is 9.53 Å². The number of hydrogen-bond donors (Lipinski definition) is 1. The molecule has 17 heavy (non-hydrogen) atoms. The van der Waals surface area contributed by atoms with Gasteiger partial charge >= 0.3 is 0 Å². The molecule has 2 atom stereocenters. The molecule has 1 heterocycles. The Hall–Kier alpha value is -0.610. The molecule has 1 aliphatic heterocycles. The Morgan fingerprint density at radius 1 is 1.59 bits per heavy atom. The van der Waals surface area contributed by atoms with Gasteiger partial charge in [0.1, 0.15) is 0 Å². The van der Waals surface area contributed by atoms with Gasteiger partial charge in [0, 0.05) is 39.3 Å². The van der Waals surface area contributed by atoms with Gasteiger partial charge in [-0.05, 0) is 32.2 Å². The number of likely N-dealkylation sites (N-methyl/N-ethyl adjacent to an activating group) is 1. The molecular formula is C13H26N2O2. The van der Waals surface area contributed by atoms with Crippen molar-refractivity contribution in [3.05, 3.63) is 0 Å². The van der Waals surface area contributed by atoms with Crippen molar-refractivity contribution in [1.29, 1.82) is 0 Å². The van der Waals surface area contributed by atoms with Gasteiger partial charge in [0.2, 0.25) is 5.91 Å². The van der Waals surface area contributed by atoms with Gasteiger partial charge in [0.25, 0.3) is 0 Å². The maximum Gasteiger partial charge on any atom is 0.223 e. The SMILES string of the molecule is CCN(C(=O)CC(C)COC)C1CCCNC1. The van der Waals surface area contributed by atoms with Crippen LogP contribution in [0.5, 0.6) is 0 Å². The number of piperidine rings is 1. The smallest absolute Gasteiger partial charge is 0.223 e. The second-order valence-corrected chi connectivity index (χ2v) is 4.94. The average molecular weight is 242 g/mol. The molecule has 1 amide bonds. The molecule has 1 saturated heterocycles. The van der Waals surface area contributed by atoms with Crippen molar-refractivity contribution in [3.8, 4) is 0 Å². The van der Waals surface area contributed by atoms with Gasteiger partial charge in [-0.15, -0.1) is 0 Å². The van der Waals surface area contributed by atoms with Crippen LogP contribution in [0.4, 0.5) is 0 Å². The third-order valence-electron chi connectivity index (χ3n) is 3.35. The van der Waals surface area contributed by atoms with Crippen molar-refractivity contribution in [2.75, 3.05) is 33.4 Å². The number of nitrogens with zero attached hydrogens (tertiary/aromatic N) is 1. The third kappa shape index (κ3) is 4.64.